The Bertz CT molecular complexity index is 739. The molecule has 2 aromatic carbocycles. The molecule has 2 rings (SSSR count). The molecular weight excluding hydrogens is 314 g/mol. The Kier molecular flexibility index (Phi) is 6.57. The van der Waals surface area contributed by atoms with Gasteiger partial charge in [-0.2, -0.15) is 0 Å². The van der Waals surface area contributed by atoms with Crippen molar-refractivity contribution >= 4 is 28.9 Å². The topological polar surface area (TPSA) is 70.2 Å². The molecule has 2 amide bonds. The van der Waals surface area contributed by atoms with Gasteiger partial charge < -0.3 is 16.0 Å². The van der Waals surface area contributed by atoms with Crippen molar-refractivity contribution in [2.75, 3.05) is 22.5 Å². The zero-order valence-electron chi connectivity index (χ0n) is 15.0. The quantitative estimate of drug-likeness (QED) is 0.711. The van der Waals surface area contributed by atoms with Crippen LogP contribution in [0.1, 0.15) is 30.9 Å². The summed E-state index contributed by atoms with van der Waals surface area (Å²) in [5, 5.41) is 8.81. The molecular formula is C20H25N3O2. The van der Waals surface area contributed by atoms with E-state index in [1.54, 1.807) is 24.3 Å². The lowest BCUT2D eigenvalue weighted by Crippen LogP contribution is -2.22. The highest BCUT2D eigenvalue weighted by Crippen LogP contribution is 2.18. The summed E-state index contributed by atoms with van der Waals surface area (Å²) in [4.78, 5) is 23.6. The number of anilines is 3. The second-order valence-electron chi connectivity index (χ2n) is 6.02. The third-order valence-electron chi connectivity index (χ3n) is 3.97. The number of carbonyl (C=O) groups excluding carboxylic acids is 2. The first-order valence-electron chi connectivity index (χ1n) is 8.49. The summed E-state index contributed by atoms with van der Waals surface area (Å²) < 4.78 is 0. The van der Waals surface area contributed by atoms with Gasteiger partial charge in [0.05, 0.1) is 6.54 Å². The Morgan fingerprint density at radius 1 is 0.880 bits per heavy atom. The lowest BCUT2D eigenvalue weighted by atomic mass is 10.1. The van der Waals surface area contributed by atoms with E-state index in [4.69, 9.17) is 0 Å². The molecule has 25 heavy (non-hydrogen) atoms. The molecule has 0 aliphatic rings. The van der Waals surface area contributed by atoms with E-state index in [-0.39, 0.29) is 18.4 Å². The van der Waals surface area contributed by atoms with Crippen LogP contribution in [0.4, 0.5) is 17.1 Å². The summed E-state index contributed by atoms with van der Waals surface area (Å²) in [6.45, 7) is 6.23. The molecule has 0 aliphatic carbocycles. The van der Waals surface area contributed by atoms with Crippen molar-refractivity contribution in [3.05, 3.63) is 53.6 Å². The van der Waals surface area contributed by atoms with Gasteiger partial charge >= 0.3 is 0 Å². The van der Waals surface area contributed by atoms with Gasteiger partial charge in [-0.25, -0.2) is 0 Å². The number of hydrogen-bond donors (Lipinski definition) is 3. The first-order chi connectivity index (χ1) is 12.0. The lowest BCUT2D eigenvalue weighted by Gasteiger charge is -2.12. The van der Waals surface area contributed by atoms with Crippen LogP contribution in [0.5, 0.6) is 0 Å². The largest absolute Gasteiger partial charge is 0.376 e. The van der Waals surface area contributed by atoms with E-state index in [1.807, 2.05) is 39.0 Å². The minimum Gasteiger partial charge on any atom is -0.376 e. The predicted molar refractivity (Wildman–Crippen MR) is 103 cm³/mol. The van der Waals surface area contributed by atoms with Crippen molar-refractivity contribution in [3.63, 3.8) is 0 Å². The van der Waals surface area contributed by atoms with Crippen molar-refractivity contribution in [2.24, 2.45) is 0 Å². The van der Waals surface area contributed by atoms with Gasteiger partial charge in [0, 0.05) is 23.5 Å². The van der Waals surface area contributed by atoms with Crippen LogP contribution in [0, 0.1) is 13.8 Å². The Labute approximate surface area is 148 Å². The summed E-state index contributed by atoms with van der Waals surface area (Å²) in [5.74, 6) is -0.124. The number of carbonyl (C=O) groups is 2. The second kappa shape index (κ2) is 8.87. The summed E-state index contributed by atoms with van der Waals surface area (Å²) in [7, 11) is 0. The maximum absolute atomic E-state index is 12.1. The van der Waals surface area contributed by atoms with Crippen LogP contribution in [-0.2, 0) is 9.59 Å². The zero-order chi connectivity index (χ0) is 18.2. The highest BCUT2D eigenvalue weighted by molar-refractivity contribution is 5.94. The number of benzene rings is 2. The molecule has 0 unspecified atom stereocenters. The Morgan fingerprint density at radius 2 is 1.48 bits per heavy atom. The summed E-state index contributed by atoms with van der Waals surface area (Å²) in [6.07, 6.45) is 1.32. The SMILES string of the molecule is CCCC(=O)Nc1ccc(NC(=O)CNc2cccc(C)c2C)cc1. The number of hydrogen-bond acceptors (Lipinski definition) is 3. The van der Waals surface area contributed by atoms with Crippen LogP contribution < -0.4 is 16.0 Å². The third-order valence-corrected chi connectivity index (χ3v) is 3.97. The first kappa shape index (κ1) is 18.5. The van der Waals surface area contributed by atoms with Gasteiger partial charge in [0.1, 0.15) is 0 Å². The number of amides is 2. The van der Waals surface area contributed by atoms with Crippen LogP contribution in [0.2, 0.25) is 0 Å². The summed E-state index contributed by atoms with van der Waals surface area (Å²) >= 11 is 0. The second-order valence-corrected chi connectivity index (χ2v) is 6.02. The van der Waals surface area contributed by atoms with Crippen molar-refractivity contribution in [1.29, 1.82) is 0 Å². The maximum atomic E-state index is 12.1. The molecule has 0 aliphatic heterocycles. The smallest absolute Gasteiger partial charge is 0.243 e. The number of aryl methyl sites for hydroxylation is 1. The van der Waals surface area contributed by atoms with Crippen LogP contribution in [0.15, 0.2) is 42.5 Å². The van der Waals surface area contributed by atoms with Crippen molar-refractivity contribution in [2.45, 2.75) is 33.6 Å². The lowest BCUT2D eigenvalue weighted by molar-refractivity contribution is -0.116. The summed E-state index contributed by atoms with van der Waals surface area (Å²) in [6, 6.07) is 13.1. The molecule has 0 spiro atoms. The molecule has 5 nitrogen and oxygen atoms in total. The Morgan fingerprint density at radius 3 is 2.08 bits per heavy atom. The molecule has 0 radical (unpaired) electrons. The van der Waals surface area contributed by atoms with Gasteiger partial charge in [0.2, 0.25) is 11.8 Å². The molecule has 5 heteroatoms. The molecule has 0 atom stereocenters. The Balaban J connectivity index is 1.86. The molecule has 0 saturated carbocycles. The number of rotatable bonds is 7. The van der Waals surface area contributed by atoms with E-state index in [9.17, 15) is 9.59 Å². The van der Waals surface area contributed by atoms with Gasteiger partial charge in [-0.1, -0.05) is 19.1 Å². The average molecular weight is 339 g/mol. The van der Waals surface area contributed by atoms with Crippen molar-refractivity contribution < 1.29 is 9.59 Å². The van der Waals surface area contributed by atoms with Gasteiger partial charge in [0.25, 0.3) is 0 Å². The van der Waals surface area contributed by atoms with E-state index < -0.39 is 0 Å². The zero-order valence-corrected chi connectivity index (χ0v) is 15.0. The van der Waals surface area contributed by atoms with Crippen LogP contribution in [-0.4, -0.2) is 18.4 Å². The molecule has 2 aromatic rings. The van der Waals surface area contributed by atoms with E-state index >= 15 is 0 Å². The number of nitrogens with one attached hydrogen (secondary N) is 3. The van der Waals surface area contributed by atoms with Crippen molar-refractivity contribution in [1.82, 2.24) is 0 Å². The van der Waals surface area contributed by atoms with Crippen LogP contribution >= 0.6 is 0 Å². The molecule has 132 valence electrons. The van der Waals surface area contributed by atoms with E-state index in [0.717, 1.165) is 23.4 Å². The van der Waals surface area contributed by atoms with Gasteiger partial charge in [0.15, 0.2) is 0 Å². The molecule has 3 N–H and O–H groups in total. The average Bonchev–Trinajstić information content (AvgIpc) is 2.58. The Hall–Kier alpha value is -2.82. The fourth-order valence-corrected chi connectivity index (χ4v) is 2.41. The minimum absolute atomic E-state index is 0.00277. The standard InChI is InChI=1S/C20H25N3O2/c1-4-6-19(24)22-16-9-11-17(12-10-16)23-20(25)13-21-18-8-5-7-14(2)15(18)3/h5,7-12,21H,4,6,13H2,1-3H3,(H,22,24)(H,23,25). The van der Waals surface area contributed by atoms with Crippen LogP contribution in [0.25, 0.3) is 0 Å². The van der Waals surface area contributed by atoms with E-state index in [1.165, 1.54) is 5.56 Å². The normalized spacial score (nSPS) is 10.2. The fourth-order valence-electron chi connectivity index (χ4n) is 2.41. The first-order valence-corrected chi connectivity index (χ1v) is 8.49. The van der Waals surface area contributed by atoms with Gasteiger partial charge in [-0.15, -0.1) is 0 Å². The minimum atomic E-state index is -0.122. The molecule has 0 heterocycles. The molecule has 0 bridgehead atoms. The van der Waals surface area contributed by atoms with Gasteiger partial charge in [-0.3, -0.25) is 9.59 Å². The van der Waals surface area contributed by atoms with E-state index in [2.05, 4.69) is 16.0 Å². The maximum Gasteiger partial charge on any atom is 0.243 e. The molecule has 0 saturated heterocycles. The predicted octanol–water partition coefficient (Wildman–Crippen LogP) is 4.09. The monoisotopic (exact) mass is 339 g/mol. The van der Waals surface area contributed by atoms with Gasteiger partial charge in [-0.05, 0) is 61.7 Å². The molecule has 0 aromatic heterocycles. The van der Waals surface area contributed by atoms with Crippen molar-refractivity contribution in [3.8, 4) is 0 Å². The summed E-state index contributed by atoms with van der Waals surface area (Å²) in [5.41, 5.74) is 4.71. The fraction of sp³-hybridized carbons (Fsp3) is 0.300. The highest BCUT2D eigenvalue weighted by Gasteiger charge is 2.06. The molecule has 0 fully saturated rings. The van der Waals surface area contributed by atoms with Crippen LogP contribution in [0.3, 0.4) is 0 Å². The third kappa shape index (κ3) is 5.64. The highest BCUT2D eigenvalue weighted by atomic mass is 16.2. The van der Waals surface area contributed by atoms with E-state index in [0.29, 0.717) is 12.1 Å².